The summed E-state index contributed by atoms with van der Waals surface area (Å²) in [5, 5.41) is 3.44. The molecule has 7 heteroatoms. The van der Waals surface area contributed by atoms with E-state index in [1.165, 1.54) is 18.6 Å². The van der Waals surface area contributed by atoms with Crippen LogP contribution in [0.5, 0.6) is 0 Å². The van der Waals surface area contributed by atoms with Crippen molar-refractivity contribution in [2.75, 3.05) is 19.6 Å². The largest absolute Gasteiger partial charge is 0.352 e. The number of hydrogen-bond donors (Lipinski definition) is 1. The molecule has 1 heterocycles. The first-order valence-electron chi connectivity index (χ1n) is 10.1. The van der Waals surface area contributed by atoms with Gasteiger partial charge < -0.3 is 15.1 Å². The molecule has 1 aliphatic heterocycles. The van der Waals surface area contributed by atoms with E-state index >= 15 is 0 Å². The van der Waals surface area contributed by atoms with Gasteiger partial charge in [0.25, 0.3) is 0 Å². The van der Waals surface area contributed by atoms with Crippen LogP contribution in [0.3, 0.4) is 0 Å². The van der Waals surface area contributed by atoms with Crippen LogP contribution in [0.25, 0.3) is 0 Å². The number of carbonyl (C=O) groups is 2. The third-order valence-corrected chi connectivity index (χ3v) is 6.51. The minimum absolute atomic E-state index is 0.0735. The molecule has 3 rings (SSSR count). The van der Waals surface area contributed by atoms with Crippen molar-refractivity contribution in [3.63, 3.8) is 0 Å². The third kappa shape index (κ3) is 4.96. The minimum atomic E-state index is -0.400. The molecule has 0 aromatic heterocycles. The molecule has 1 aromatic carbocycles. The number of urea groups is 1. The number of halogens is 2. The molecule has 1 saturated carbocycles. The third-order valence-electron chi connectivity index (χ3n) is 6.16. The first-order valence-corrected chi connectivity index (χ1v) is 10.5. The number of carbonyl (C=O) groups excluding carboxylic acids is 2. The zero-order chi connectivity index (χ0) is 20.3. The van der Waals surface area contributed by atoms with Crippen molar-refractivity contribution >= 4 is 23.5 Å². The van der Waals surface area contributed by atoms with Crippen molar-refractivity contribution < 1.29 is 14.0 Å². The number of amides is 3. The van der Waals surface area contributed by atoms with Crippen LogP contribution in [0, 0.1) is 17.7 Å². The predicted molar refractivity (Wildman–Crippen MR) is 108 cm³/mol. The number of nitrogens with zero attached hydrogens (tertiary/aromatic N) is 2. The Morgan fingerprint density at radius 3 is 2.71 bits per heavy atom. The fourth-order valence-corrected chi connectivity index (χ4v) is 4.43. The Bertz CT molecular complexity index is 730. The molecule has 5 nitrogen and oxygen atoms in total. The normalized spacial score (nSPS) is 25.7. The SMILES string of the molecule is CC1CCCC(NC(=O)CN2CCCN(Cc3ccc(F)cc3Cl)C2=O)C1C. The van der Waals surface area contributed by atoms with Crippen LogP contribution < -0.4 is 5.32 Å². The maximum absolute atomic E-state index is 13.2. The Labute approximate surface area is 171 Å². The molecule has 1 N–H and O–H groups in total. The fourth-order valence-electron chi connectivity index (χ4n) is 4.20. The highest BCUT2D eigenvalue weighted by Gasteiger charge is 2.31. The summed E-state index contributed by atoms with van der Waals surface area (Å²) in [6.45, 7) is 5.97. The highest BCUT2D eigenvalue weighted by Crippen LogP contribution is 2.29. The van der Waals surface area contributed by atoms with Gasteiger partial charge >= 0.3 is 6.03 Å². The second-order valence-corrected chi connectivity index (χ2v) is 8.56. The fraction of sp³-hybridized carbons (Fsp3) is 0.619. The topological polar surface area (TPSA) is 52.7 Å². The highest BCUT2D eigenvalue weighted by atomic mass is 35.5. The smallest absolute Gasteiger partial charge is 0.320 e. The summed E-state index contributed by atoms with van der Waals surface area (Å²) >= 11 is 6.10. The van der Waals surface area contributed by atoms with E-state index < -0.39 is 5.82 Å². The van der Waals surface area contributed by atoms with Crippen molar-refractivity contribution in [2.24, 2.45) is 11.8 Å². The Hall–Kier alpha value is -1.82. The average molecular weight is 410 g/mol. The van der Waals surface area contributed by atoms with Gasteiger partial charge in [0.2, 0.25) is 5.91 Å². The van der Waals surface area contributed by atoms with E-state index in [1.54, 1.807) is 15.9 Å². The zero-order valence-electron chi connectivity index (χ0n) is 16.6. The van der Waals surface area contributed by atoms with Gasteiger partial charge in [-0.1, -0.05) is 44.4 Å². The standard InChI is InChI=1S/C21H29ClFN3O2/c1-14-5-3-6-19(15(14)2)24-20(27)13-26-10-4-9-25(21(26)28)12-16-7-8-17(23)11-18(16)22/h7-8,11,14-15,19H,3-6,9-10,12-13H2,1-2H3,(H,24,27). The molecule has 3 amide bonds. The van der Waals surface area contributed by atoms with E-state index in [2.05, 4.69) is 19.2 Å². The first-order chi connectivity index (χ1) is 13.3. The van der Waals surface area contributed by atoms with E-state index in [-0.39, 0.29) is 24.5 Å². The molecule has 0 radical (unpaired) electrons. The van der Waals surface area contributed by atoms with Crippen LogP contribution in [0.15, 0.2) is 18.2 Å². The molecule has 3 unspecified atom stereocenters. The summed E-state index contributed by atoms with van der Waals surface area (Å²) in [5.41, 5.74) is 0.702. The second-order valence-electron chi connectivity index (χ2n) is 8.16. The average Bonchev–Trinajstić information content (AvgIpc) is 2.64. The van der Waals surface area contributed by atoms with E-state index in [4.69, 9.17) is 11.6 Å². The molecule has 1 aliphatic carbocycles. The van der Waals surface area contributed by atoms with Gasteiger partial charge in [-0.3, -0.25) is 4.79 Å². The number of benzene rings is 1. The summed E-state index contributed by atoms with van der Waals surface area (Å²) in [6, 6.07) is 4.20. The summed E-state index contributed by atoms with van der Waals surface area (Å²) in [5.74, 6) is 0.558. The molecule has 2 aliphatic rings. The highest BCUT2D eigenvalue weighted by molar-refractivity contribution is 6.31. The van der Waals surface area contributed by atoms with Crippen molar-refractivity contribution in [2.45, 2.75) is 52.1 Å². The van der Waals surface area contributed by atoms with E-state index in [1.807, 2.05) is 0 Å². The number of rotatable bonds is 5. The van der Waals surface area contributed by atoms with Gasteiger partial charge in [0, 0.05) is 30.7 Å². The summed E-state index contributed by atoms with van der Waals surface area (Å²) in [6.07, 6.45) is 4.12. The van der Waals surface area contributed by atoms with Crippen LogP contribution in [-0.4, -0.2) is 47.4 Å². The Morgan fingerprint density at radius 1 is 1.21 bits per heavy atom. The number of hydrogen-bond acceptors (Lipinski definition) is 2. The van der Waals surface area contributed by atoms with Crippen LogP contribution in [0.4, 0.5) is 9.18 Å². The van der Waals surface area contributed by atoms with Gasteiger partial charge in [0.15, 0.2) is 0 Å². The van der Waals surface area contributed by atoms with Crippen LogP contribution in [0.1, 0.15) is 45.1 Å². The van der Waals surface area contributed by atoms with Gasteiger partial charge in [0.05, 0.1) is 0 Å². The molecule has 0 bridgehead atoms. The van der Waals surface area contributed by atoms with Gasteiger partial charge in [0.1, 0.15) is 12.4 Å². The van der Waals surface area contributed by atoms with Crippen molar-refractivity contribution in [3.05, 3.63) is 34.6 Å². The van der Waals surface area contributed by atoms with E-state index in [0.29, 0.717) is 42.1 Å². The van der Waals surface area contributed by atoms with Gasteiger partial charge in [-0.15, -0.1) is 0 Å². The summed E-state index contributed by atoms with van der Waals surface area (Å²) in [7, 11) is 0. The lowest BCUT2D eigenvalue weighted by molar-refractivity contribution is -0.123. The lowest BCUT2D eigenvalue weighted by Crippen LogP contribution is -2.53. The molecule has 154 valence electrons. The maximum atomic E-state index is 13.2. The second kappa shape index (κ2) is 9.12. The molecular weight excluding hydrogens is 381 g/mol. The van der Waals surface area contributed by atoms with E-state index in [9.17, 15) is 14.0 Å². The van der Waals surface area contributed by atoms with Gasteiger partial charge in [-0.2, -0.15) is 0 Å². The predicted octanol–water partition coefficient (Wildman–Crippen LogP) is 4.05. The Morgan fingerprint density at radius 2 is 1.96 bits per heavy atom. The van der Waals surface area contributed by atoms with Crippen molar-refractivity contribution in [1.82, 2.24) is 15.1 Å². The van der Waals surface area contributed by atoms with Crippen LogP contribution in [0.2, 0.25) is 5.02 Å². The quantitative estimate of drug-likeness (QED) is 0.797. The van der Waals surface area contributed by atoms with Crippen molar-refractivity contribution in [1.29, 1.82) is 0 Å². The van der Waals surface area contributed by atoms with Gasteiger partial charge in [-0.25, -0.2) is 9.18 Å². The molecule has 28 heavy (non-hydrogen) atoms. The Balaban J connectivity index is 1.57. The first kappa shape index (κ1) is 20.9. The van der Waals surface area contributed by atoms with Crippen molar-refractivity contribution in [3.8, 4) is 0 Å². The minimum Gasteiger partial charge on any atom is -0.352 e. The molecule has 1 saturated heterocycles. The van der Waals surface area contributed by atoms with Crippen LogP contribution >= 0.6 is 11.6 Å². The maximum Gasteiger partial charge on any atom is 0.320 e. The summed E-state index contributed by atoms with van der Waals surface area (Å²) < 4.78 is 13.2. The lowest BCUT2D eigenvalue weighted by atomic mass is 9.78. The summed E-state index contributed by atoms with van der Waals surface area (Å²) in [4.78, 5) is 28.6. The number of nitrogens with one attached hydrogen (secondary N) is 1. The Kier molecular flexibility index (Phi) is 6.81. The molecular formula is C21H29ClFN3O2. The van der Waals surface area contributed by atoms with Gasteiger partial charge in [-0.05, 0) is 42.4 Å². The van der Waals surface area contributed by atoms with Crippen LogP contribution in [-0.2, 0) is 11.3 Å². The lowest BCUT2D eigenvalue weighted by Gasteiger charge is -2.37. The molecule has 2 fully saturated rings. The molecule has 0 spiro atoms. The molecule has 3 atom stereocenters. The van der Waals surface area contributed by atoms with E-state index in [0.717, 1.165) is 19.3 Å². The monoisotopic (exact) mass is 409 g/mol. The zero-order valence-corrected chi connectivity index (χ0v) is 17.3. The molecule has 1 aromatic rings.